The van der Waals surface area contributed by atoms with Crippen LogP contribution in [0.1, 0.15) is 91.7 Å². The van der Waals surface area contributed by atoms with Crippen molar-refractivity contribution in [3.8, 4) is 0 Å². The summed E-state index contributed by atoms with van der Waals surface area (Å²) in [5, 5.41) is 3.04. The highest BCUT2D eigenvalue weighted by Crippen LogP contribution is 2.27. The van der Waals surface area contributed by atoms with Crippen molar-refractivity contribution in [3.05, 3.63) is 47.5 Å². The van der Waals surface area contributed by atoms with Crippen LogP contribution in [0.2, 0.25) is 0 Å². The molecule has 2 heterocycles. The van der Waals surface area contributed by atoms with E-state index in [1.807, 2.05) is 78.1 Å². The monoisotopic (exact) mass is 610 g/mol. The molecule has 1 unspecified atom stereocenters. The Kier molecular flexibility index (Phi) is 13.0. The van der Waals surface area contributed by atoms with Gasteiger partial charge < -0.3 is 19.9 Å². The van der Waals surface area contributed by atoms with E-state index >= 15 is 0 Å². The van der Waals surface area contributed by atoms with Crippen LogP contribution in [-0.2, 0) is 23.9 Å². The molecule has 3 rings (SSSR count). The van der Waals surface area contributed by atoms with Crippen LogP contribution in [0.25, 0.3) is 0 Å². The number of nitrogens with one attached hydrogen (secondary N) is 1. The molecule has 1 aromatic rings. The van der Waals surface area contributed by atoms with E-state index in [0.29, 0.717) is 25.0 Å². The van der Waals surface area contributed by atoms with E-state index in [-0.39, 0.29) is 53.7 Å². The lowest BCUT2D eigenvalue weighted by Gasteiger charge is -2.36. The zero-order valence-corrected chi connectivity index (χ0v) is 28.0. The van der Waals surface area contributed by atoms with E-state index in [4.69, 9.17) is 4.74 Å². The summed E-state index contributed by atoms with van der Waals surface area (Å²) in [6, 6.07) is 7.73. The molecule has 5 atom stereocenters. The summed E-state index contributed by atoms with van der Waals surface area (Å²) < 4.78 is 5.91. The molecule has 9 heteroatoms. The standard InChI is InChI=1S/C35H54N4O5/c1-9-30(26-16-11-10-12-17-26)44-35(43)28-19-15-21-39(28)33(41)25(6)22-29(23(2)3)38(8)34(42)31(24(4)5)36-32(40)27-18-13-14-20-37(27)7/h10-12,16-17,22-24,27-31H,9,13-15,18-21H2,1-8H3,(H,36,40)/t27-,28+,29?,30-,31+/m1/s1. The van der Waals surface area contributed by atoms with Crippen LogP contribution < -0.4 is 5.32 Å². The molecule has 0 saturated carbocycles. The van der Waals surface area contributed by atoms with Gasteiger partial charge in [0.1, 0.15) is 18.2 Å². The molecule has 1 N–H and O–H groups in total. The first kappa shape index (κ1) is 35.3. The Morgan fingerprint density at radius 3 is 2.23 bits per heavy atom. The fraction of sp³-hybridized carbons (Fsp3) is 0.657. The number of hydrogen-bond acceptors (Lipinski definition) is 6. The summed E-state index contributed by atoms with van der Waals surface area (Å²) in [6.45, 7) is 12.9. The lowest BCUT2D eigenvalue weighted by Crippen LogP contribution is -2.57. The number of carbonyl (C=O) groups is 4. The first-order chi connectivity index (χ1) is 20.9. The topological polar surface area (TPSA) is 99.3 Å². The van der Waals surface area contributed by atoms with E-state index in [1.54, 1.807) is 23.8 Å². The molecule has 0 bridgehead atoms. The Morgan fingerprint density at radius 2 is 1.64 bits per heavy atom. The molecule has 0 aromatic heterocycles. The number of likely N-dealkylation sites (tertiary alicyclic amines) is 2. The molecule has 0 aliphatic carbocycles. The molecule has 2 aliphatic rings. The molecule has 2 saturated heterocycles. The SMILES string of the molecule is CC[C@@H](OC(=O)[C@@H]1CCCN1C(=O)C(C)=CC(C(C)C)N(C)C(=O)[C@@H](NC(=O)[C@H]1CCCCN1C)C(C)C)c1ccccc1. The van der Waals surface area contributed by atoms with E-state index in [0.717, 1.165) is 37.8 Å². The maximum absolute atomic E-state index is 13.8. The fourth-order valence-corrected chi connectivity index (χ4v) is 6.37. The van der Waals surface area contributed by atoms with E-state index in [9.17, 15) is 19.2 Å². The van der Waals surface area contributed by atoms with Gasteiger partial charge in [0.2, 0.25) is 17.7 Å². The number of ether oxygens (including phenoxy) is 1. The van der Waals surface area contributed by atoms with E-state index < -0.39 is 12.1 Å². The first-order valence-corrected chi connectivity index (χ1v) is 16.4. The number of amides is 3. The normalized spacial score (nSPS) is 21.6. The van der Waals surface area contributed by atoms with Crippen molar-refractivity contribution in [3.63, 3.8) is 0 Å². The van der Waals surface area contributed by atoms with Gasteiger partial charge in [-0.25, -0.2) is 4.79 Å². The predicted molar refractivity (Wildman–Crippen MR) is 172 cm³/mol. The first-order valence-electron chi connectivity index (χ1n) is 16.4. The average Bonchev–Trinajstić information content (AvgIpc) is 3.50. The van der Waals surface area contributed by atoms with Gasteiger partial charge in [-0.1, -0.05) is 77.4 Å². The van der Waals surface area contributed by atoms with Gasteiger partial charge in [-0.2, -0.15) is 0 Å². The molecule has 0 radical (unpaired) electrons. The summed E-state index contributed by atoms with van der Waals surface area (Å²) in [6.07, 6.45) is 6.24. The van der Waals surface area contributed by atoms with Crippen molar-refractivity contribution in [1.29, 1.82) is 0 Å². The third-order valence-corrected chi connectivity index (χ3v) is 9.13. The predicted octanol–water partition coefficient (Wildman–Crippen LogP) is 4.73. The zero-order valence-electron chi connectivity index (χ0n) is 28.0. The van der Waals surface area contributed by atoms with Crippen LogP contribution in [0.15, 0.2) is 42.0 Å². The second-order valence-electron chi connectivity index (χ2n) is 13.2. The molecule has 44 heavy (non-hydrogen) atoms. The second-order valence-corrected chi connectivity index (χ2v) is 13.2. The molecule has 9 nitrogen and oxygen atoms in total. The molecular formula is C35H54N4O5. The van der Waals surface area contributed by atoms with E-state index in [1.165, 1.54) is 0 Å². The van der Waals surface area contributed by atoms with Crippen LogP contribution in [0.3, 0.4) is 0 Å². The number of esters is 1. The molecule has 244 valence electrons. The summed E-state index contributed by atoms with van der Waals surface area (Å²) in [5.74, 6) is -1.00. The number of carbonyl (C=O) groups excluding carboxylic acids is 4. The van der Waals surface area contributed by atoms with Crippen LogP contribution in [0.5, 0.6) is 0 Å². The Hall–Kier alpha value is -3.20. The van der Waals surface area contributed by atoms with Gasteiger partial charge >= 0.3 is 5.97 Å². The smallest absolute Gasteiger partial charge is 0.329 e. The molecule has 0 spiro atoms. The number of hydrogen-bond donors (Lipinski definition) is 1. The average molecular weight is 611 g/mol. The van der Waals surface area contributed by atoms with Crippen LogP contribution in [0.4, 0.5) is 0 Å². The summed E-state index contributed by atoms with van der Waals surface area (Å²) in [4.78, 5) is 59.4. The van der Waals surface area contributed by atoms with Crippen molar-refractivity contribution in [2.45, 2.75) is 110 Å². The highest BCUT2D eigenvalue weighted by atomic mass is 16.5. The molecule has 2 fully saturated rings. The van der Waals surface area contributed by atoms with Gasteiger partial charge in [-0.15, -0.1) is 0 Å². The maximum Gasteiger partial charge on any atom is 0.329 e. The summed E-state index contributed by atoms with van der Waals surface area (Å²) in [5.41, 5.74) is 1.41. The highest BCUT2D eigenvalue weighted by Gasteiger charge is 2.38. The van der Waals surface area contributed by atoms with Crippen LogP contribution >= 0.6 is 0 Å². The number of piperidine rings is 1. The molecule has 2 aliphatic heterocycles. The zero-order chi connectivity index (χ0) is 32.6. The lowest BCUT2D eigenvalue weighted by atomic mass is 9.96. The van der Waals surface area contributed by atoms with Crippen molar-refractivity contribution in [2.24, 2.45) is 11.8 Å². The third-order valence-electron chi connectivity index (χ3n) is 9.13. The van der Waals surface area contributed by atoms with Gasteiger partial charge in [0.15, 0.2) is 0 Å². The lowest BCUT2D eigenvalue weighted by molar-refractivity contribution is -0.157. The van der Waals surface area contributed by atoms with E-state index in [2.05, 4.69) is 10.2 Å². The van der Waals surface area contributed by atoms with Gasteiger partial charge in [0.25, 0.3) is 0 Å². The van der Waals surface area contributed by atoms with Crippen molar-refractivity contribution in [1.82, 2.24) is 20.0 Å². The quantitative estimate of drug-likeness (QED) is 0.272. The number of benzene rings is 1. The minimum atomic E-state index is -0.678. The second kappa shape index (κ2) is 16.2. The number of nitrogens with zero attached hydrogens (tertiary/aromatic N) is 3. The summed E-state index contributed by atoms with van der Waals surface area (Å²) in [7, 11) is 3.69. The minimum absolute atomic E-state index is 0.00946. The maximum atomic E-state index is 13.8. The third kappa shape index (κ3) is 8.71. The van der Waals surface area contributed by atoms with Crippen LogP contribution in [-0.4, -0.2) is 89.7 Å². The Balaban J connectivity index is 1.73. The fourth-order valence-electron chi connectivity index (χ4n) is 6.37. The van der Waals surface area contributed by atoms with Gasteiger partial charge in [0, 0.05) is 19.2 Å². The van der Waals surface area contributed by atoms with Crippen molar-refractivity contribution < 1.29 is 23.9 Å². The molecule has 3 amide bonds. The molecular weight excluding hydrogens is 556 g/mol. The van der Waals surface area contributed by atoms with Gasteiger partial charge in [-0.3, -0.25) is 19.3 Å². The Labute approximate surface area is 264 Å². The number of likely N-dealkylation sites (N-methyl/N-ethyl adjacent to an activating group) is 2. The van der Waals surface area contributed by atoms with Gasteiger partial charge in [0.05, 0.1) is 12.1 Å². The minimum Gasteiger partial charge on any atom is -0.456 e. The van der Waals surface area contributed by atoms with Crippen molar-refractivity contribution >= 4 is 23.7 Å². The van der Waals surface area contributed by atoms with Crippen LogP contribution in [0, 0.1) is 11.8 Å². The Bertz CT molecular complexity index is 1170. The summed E-state index contributed by atoms with van der Waals surface area (Å²) >= 11 is 0. The number of rotatable bonds is 12. The largest absolute Gasteiger partial charge is 0.456 e. The molecule has 1 aromatic carbocycles. The highest BCUT2D eigenvalue weighted by molar-refractivity contribution is 5.96. The van der Waals surface area contributed by atoms with Crippen molar-refractivity contribution in [2.75, 3.05) is 27.2 Å². The van der Waals surface area contributed by atoms with Gasteiger partial charge in [-0.05, 0) is 70.0 Å². The Morgan fingerprint density at radius 1 is 0.977 bits per heavy atom.